The Bertz CT molecular complexity index is 337. The van der Waals surface area contributed by atoms with Gasteiger partial charge in [-0.15, -0.1) is 0 Å². The SMILES string of the molecule is CC1CC(C)N(c2cc(CN)ccn2)C1. The van der Waals surface area contributed by atoms with Crippen molar-refractivity contribution >= 4 is 5.82 Å². The first kappa shape index (κ1) is 10.4. The van der Waals surface area contributed by atoms with Crippen molar-refractivity contribution in [3.05, 3.63) is 23.9 Å². The van der Waals surface area contributed by atoms with Crippen molar-refractivity contribution in [2.24, 2.45) is 11.7 Å². The summed E-state index contributed by atoms with van der Waals surface area (Å²) < 4.78 is 0. The highest BCUT2D eigenvalue weighted by Gasteiger charge is 2.26. The number of nitrogens with two attached hydrogens (primary N) is 1. The van der Waals surface area contributed by atoms with Crippen molar-refractivity contribution in [3.8, 4) is 0 Å². The first-order chi connectivity index (χ1) is 7.20. The fourth-order valence-corrected chi connectivity index (χ4v) is 2.36. The molecular formula is C12H19N3. The highest BCUT2D eigenvalue weighted by molar-refractivity contribution is 5.43. The fourth-order valence-electron chi connectivity index (χ4n) is 2.36. The van der Waals surface area contributed by atoms with Gasteiger partial charge in [0.2, 0.25) is 0 Å². The minimum Gasteiger partial charge on any atom is -0.354 e. The summed E-state index contributed by atoms with van der Waals surface area (Å²) in [6, 6.07) is 4.68. The maximum Gasteiger partial charge on any atom is 0.129 e. The van der Waals surface area contributed by atoms with Crippen LogP contribution < -0.4 is 10.6 Å². The molecule has 0 bridgehead atoms. The monoisotopic (exact) mass is 205 g/mol. The first-order valence-electron chi connectivity index (χ1n) is 5.62. The van der Waals surface area contributed by atoms with Gasteiger partial charge in [-0.05, 0) is 37.0 Å². The lowest BCUT2D eigenvalue weighted by Crippen LogP contribution is -2.27. The Morgan fingerprint density at radius 1 is 1.53 bits per heavy atom. The maximum atomic E-state index is 5.63. The summed E-state index contributed by atoms with van der Waals surface area (Å²) in [6.07, 6.45) is 3.11. The summed E-state index contributed by atoms with van der Waals surface area (Å²) in [6.45, 7) is 6.26. The zero-order valence-electron chi connectivity index (χ0n) is 9.48. The molecule has 82 valence electrons. The van der Waals surface area contributed by atoms with Crippen molar-refractivity contribution in [2.75, 3.05) is 11.4 Å². The second-order valence-electron chi connectivity index (χ2n) is 4.57. The molecule has 0 saturated carbocycles. The van der Waals surface area contributed by atoms with Crippen molar-refractivity contribution in [2.45, 2.75) is 32.9 Å². The summed E-state index contributed by atoms with van der Waals surface area (Å²) >= 11 is 0. The van der Waals surface area contributed by atoms with Crippen molar-refractivity contribution < 1.29 is 0 Å². The quantitative estimate of drug-likeness (QED) is 0.800. The van der Waals surface area contributed by atoms with Gasteiger partial charge in [0.25, 0.3) is 0 Å². The van der Waals surface area contributed by atoms with Gasteiger partial charge in [0, 0.05) is 25.3 Å². The zero-order valence-corrected chi connectivity index (χ0v) is 9.48. The third-order valence-corrected chi connectivity index (χ3v) is 3.12. The van der Waals surface area contributed by atoms with Crippen LogP contribution in [0.15, 0.2) is 18.3 Å². The summed E-state index contributed by atoms with van der Waals surface area (Å²) in [4.78, 5) is 6.80. The smallest absolute Gasteiger partial charge is 0.129 e. The molecule has 2 rings (SSSR count). The largest absolute Gasteiger partial charge is 0.354 e. The predicted octanol–water partition coefficient (Wildman–Crippen LogP) is 1.77. The van der Waals surface area contributed by atoms with Crippen LogP contribution in [-0.4, -0.2) is 17.6 Å². The number of rotatable bonds is 2. The second kappa shape index (κ2) is 4.19. The number of anilines is 1. The van der Waals surface area contributed by atoms with E-state index in [4.69, 9.17) is 5.73 Å². The van der Waals surface area contributed by atoms with E-state index in [2.05, 4.69) is 29.8 Å². The van der Waals surface area contributed by atoms with Crippen molar-refractivity contribution in [1.29, 1.82) is 0 Å². The average Bonchev–Trinajstić information content (AvgIpc) is 2.58. The van der Waals surface area contributed by atoms with Gasteiger partial charge < -0.3 is 10.6 Å². The van der Waals surface area contributed by atoms with Gasteiger partial charge in [-0.25, -0.2) is 4.98 Å². The summed E-state index contributed by atoms with van der Waals surface area (Å²) in [7, 11) is 0. The highest BCUT2D eigenvalue weighted by atomic mass is 15.2. The molecule has 15 heavy (non-hydrogen) atoms. The van der Waals surface area contributed by atoms with Gasteiger partial charge in [0.1, 0.15) is 5.82 Å². The van der Waals surface area contributed by atoms with E-state index in [9.17, 15) is 0 Å². The molecule has 3 nitrogen and oxygen atoms in total. The lowest BCUT2D eigenvalue weighted by Gasteiger charge is -2.22. The Morgan fingerprint density at radius 3 is 2.93 bits per heavy atom. The molecule has 1 saturated heterocycles. The normalized spacial score (nSPS) is 25.9. The summed E-state index contributed by atoms with van der Waals surface area (Å²) in [5.41, 5.74) is 6.79. The number of hydrogen-bond acceptors (Lipinski definition) is 3. The summed E-state index contributed by atoms with van der Waals surface area (Å²) in [5.74, 6) is 1.85. The molecule has 0 aromatic carbocycles. The van der Waals surface area contributed by atoms with Gasteiger partial charge in [-0.2, -0.15) is 0 Å². The van der Waals surface area contributed by atoms with Crippen LogP contribution >= 0.6 is 0 Å². The third kappa shape index (κ3) is 2.12. The van der Waals surface area contributed by atoms with E-state index in [0.29, 0.717) is 12.6 Å². The van der Waals surface area contributed by atoms with Crippen LogP contribution in [0, 0.1) is 5.92 Å². The molecule has 2 unspecified atom stereocenters. The van der Waals surface area contributed by atoms with Crippen LogP contribution in [0.5, 0.6) is 0 Å². The van der Waals surface area contributed by atoms with E-state index in [1.807, 2.05) is 12.3 Å². The minimum atomic E-state index is 0.591. The second-order valence-corrected chi connectivity index (χ2v) is 4.57. The Labute approximate surface area is 91.3 Å². The van der Waals surface area contributed by atoms with Gasteiger partial charge in [0.15, 0.2) is 0 Å². The molecule has 2 heterocycles. The van der Waals surface area contributed by atoms with Gasteiger partial charge in [-0.3, -0.25) is 0 Å². The van der Waals surface area contributed by atoms with E-state index in [1.54, 1.807) is 0 Å². The number of nitrogens with zero attached hydrogens (tertiary/aromatic N) is 2. The van der Waals surface area contributed by atoms with Crippen molar-refractivity contribution in [3.63, 3.8) is 0 Å². The lowest BCUT2D eigenvalue weighted by atomic mass is 10.1. The standard InChI is InChI=1S/C12H19N3/c1-9-5-10(2)15(8-9)12-6-11(7-13)3-4-14-12/h3-4,6,9-10H,5,7-8,13H2,1-2H3. The zero-order chi connectivity index (χ0) is 10.8. The topological polar surface area (TPSA) is 42.1 Å². The fraction of sp³-hybridized carbons (Fsp3) is 0.583. The molecule has 3 heteroatoms. The van der Waals surface area contributed by atoms with Crippen LogP contribution in [0.4, 0.5) is 5.82 Å². The molecular weight excluding hydrogens is 186 g/mol. The molecule has 0 amide bonds. The Balaban J connectivity index is 2.21. The first-order valence-corrected chi connectivity index (χ1v) is 5.62. The van der Waals surface area contributed by atoms with E-state index in [0.717, 1.165) is 23.8 Å². The number of pyridine rings is 1. The third-order valence-electron chi connectivity index (χ3n) is 3.12. The molecule has 0 radical (unpaired) electrons. The van der Waals surface area contributed by atoms with E-state index < -0.39 is 0 Å². The van der Waals surface area contributed by atoms with Gasteiger partial charge in [0.05, 0.1) is 0 Å². The van der Waals surface area contributed by atoms with E-state index in [1.165, 1.54) is 6.42 Å². The average molecular weight is 205 g/mol. The van der Waals surface area contributed by atoms with Gasteiger partial charge >= 0.3 is 0 Å². The molecule has 1 fully saturated rings. The molecule has 1 aliphatic heterocycles. The maximum absolute atomic E-state index is 5.63. The van der Waals surface area contributed by atoms with Crippen LogP contribution in [0.3, 0.4) is 0 Å². The minimum absolute atomic E-state index is 0.591. The molecule has 1 aliphatic rings. The Kier molecular flexibility index (Phi) is 2.91. The molecule has 0 spiro atoms. The molecule has 0 aliphatic carbocycles. The van der Waals surface area contributed by atoms with Crippen molar-refractivity contribution in [1.82, 2.24) is 4.98 Å². The molecule has 2 N–H and O–H groups in total. The van der Waals surface area contributed by atoms with Crippen LogP contribution in [-0.2, 0) is 6.54 Å². The predicted molar refractivity (Wildman–Crippen MR) is 62.7 cm³/mol. The molecule has 2 atom stereocenters. The van der Waals surface area contributed by atoms with E-state index in [-0.39, 0.29) is 0 Å². The number of hydrogen-bond donors (Lipinski definition) is 1. The summed E-state index contributed by atoms with van der Waals surface area (Å²) in [5, 5.41) is 0. The lowest BCUT2D eigenvalue weighted by molar-refractivity contribution is 0.625. The highest BCUT2D eigenvalue weighted by Crippen LogP contribution is 2.27. The van der Waals surface area contributed by atoms with Crippen LogP contribution in [0.25, 0.3) is 0 Å². The Morgan fingerprint density at radius 2 is 2.33 bits per heavy atom. The van der Waals surface area contributed by atoms with Crippen LogP contribution in [0.2, 0.25) is 0 Å². The molecule has 1 aromatic rings. The Hall–Kier alpha value is -1.09. The molecule has 1 aromatic heterocycles. The number of aromatic nitrogens is 1. The van der Waals surface area contributed by atoms with Crippen LogP contribution in [0.1, 0.15) is 25.8 Å². The van der Waals surface area contributed by atoms with Gasteiger partial charge in [-0.1, -0.05) is 6.92 Å². The van der Waals surface area contributed by atoms with E-state index >= 15 is 0 Å².